The van der Waals surface area contributed by atoms with Crippen LogP contribution in [0.3, 0.4) is 0 Å². The molecule has 2 aromatic carbocycles. The van der Waals surface area contributed by atoms with Gasteiger partial charge in [-0.2, -0.15) is 22.0 Å². The normalized spacial score (nSPS) is 11.7. The Bertz CT molecular complexity index is 620. The first-order chi connectivity index (χ1) is 10.8. The van der Waals surface area contributed by atoms with Gasteiger partial charge in [0, 0.05) is 6.42 Å². The molecule has 0 heterocycles. The first-order valence-electron chi connectivity index (χ1n) is 6.97. The molecule has 0 aliphatic rings. The highest BCUT2D eigenvalue weighted by Crippen LogP contribution is 2.26. The van der Waals surface area contributed by atoms with Crippen molar-refractivity contribution in [1.29, 1.82) is 0 Å². The van der Waals surface area contributed by atoms with Gasteiger partial charge in [0.1, 0.15) is 5.75 Å². The monoisotopic (exact) mass is 329 g/mol. The number of benzene rings is 2. The quantitative estimate of drug-likeness (QED) is 0.623. The second-order valence-corrected chi connectivity index (χ2v) is 4.96. The highest BCUT2D eigenvalue weighted by molar-refractivity contribution is 5.64. The summed E-state index contributed by atoms with van der Waals surface area (Å²) in [4.78, 5) is 0. The molecule has 0 unspecified atom stereocenters. The first kappa shape index (κ1) is 17.2. The van der Waals surface area contributed by atoms with Crippen molar-refractivity contribution >= 4 is 0 Å². The molecule has 0 saturated carbocycles. The van der Waals surface area contributed by atoms with Crippen LogP contribution in [0.2, 0.25) is 0 Å². The van der Waals surface area contributed by atoms with Crippen LogP contribution in [-0.4, -0.2) is 12.8 Å². The van der Waals surface area contributed by atoms with Crippen LogP contribution in [0.15, 0.2) is 42.5 Å². The van der Waals surface area contributed by atoms with Crippen LogP contribution < -0.4 is 4.74 Å². The summed E-state index contributed by atoms with van der Waals surface area (Å²) in [6.45, 7) is -2.88. The Morgan fingerprint density at radius 1 is 1.00 bits per heavy atom. The fourth-order valence-electron chi connectivity index (χ4n) is 2.13. The first-order valence-corrected chi connectivity index (χ1v) is 6.97. The van der Waals surface area contributed by atoms with E-state index in [2.05, 4.69) is 10.8 Å². The van der Waals surface area contributed by atoms with Gasteiger partial charge in [-0.15, -0.1) is 0 Å². The standard InChI is InChI=1S/C17H14F5O/c18-16(19)23-15-8-6-13(7-9-15)14-5-1-3-12(11-14)4-2-10-17(20,21)22/h1,3,5-9,16H,2,4,10H2. The number of hydrogen-bond donors (Lipinski definition) is 0. The zero-order valence-electron chi connectivity index (χ0n) is 12.0. The molecule has 23 heavy (non-hydrogen) atoms. The average molecular weight is 329 g/mol. The Kier molecular flexibility index (Phi) is 5.58. The van der Waals surface area contributed by atoms with Crippen molar-refractivity contribution in [2.75, 3.05) is 0 Å². The van der Waals surface area contributed by atoms with E-state index in [1.165, 1.54) is 12.1 Å². The van der Waals surface area contributed by atoms with Gasteiger partial charge in [0.05, 0.1) is 0 Å². The highest BCUT2D eigenvalue weighted by atomic mass is 19.4. The number of ether oxygens (including phenoxy) is 1. The van der Waals surface area contributed by atoms with Gasteiger partial charge < -0.3 is 4.74 Å². The fraction of sp³-hybridized carbons (Fsp3) is 0.294. The lowest BCUT2D eigenvalue weighted by Crippen LogP contribution is -2.07. The molecular formula is C17H14F5O. The van der Waals surface area contributed by atoms with E-state index in [1.807, 2.05) is 0 Å². The Morgan fingerprint density at radius 3 is 2.30 bits per heavy atom. The third-order valence-corrected chi connectivity index (χ3v) is 3.15. The second-order valence-electron chi connectivity index (χ2n) is 4.96. The zero-order chi connectivity index (χ0) is 16.9. The van der Waals surface area contributed by atoms with Gasteiger partial charge in [0.25, 0.3) is 0 Å². The molecule has 1 nitrogen and oxygen atoms in total. The average Bonchev–Trinajstić information content (AvgIpc) is 2.46. The molecule has 1 radical (unpaired) electrons. The molecule has 0 amide bonds. The lowest BCUT2D eigenvalue weighted by atomic mass is 10.0. The van der Waals surface area contributed by atoms with E-state index < -0.39 is 19.2 Å². The van der Waals surface area contributed by atoms with Crippen molar-refractivity contribution in [3.8, 4) is 16.9 Å². The molecule has 123 valence electrons. The van der Waals surface area contributed by atoms with Crippen molar-refractivity contribution in [3.05, 3.63) is 54.1 Å². The molecule has 0 aromatic heterocycles. The third kappa shape index (κ3) is 5.88. The Labute approximate surface area is 130 Å². The lowest BCUT2D eigenvalue weighted by molar-refractivity contribution is -0.135. The van der Waals surface area contributed by atoms with E-state index in [9.17, 15) is 22.0 Å². The molecule has 0 aliphatic carbocycles. The lowest BCUT2D eigenvalue weighted by Gasteiger charge is -2.08. The SMILES string of the molecule is FC(F)Oc1ccc(-c2[c]c(CCCC(F)(F)F)ccc2)cc1. The van der Waals surface area contributed by atoms with Crippen LogP contribution in [0.1, 0.15) is 18.4 Å². The zero-order valence-corrected chi connectivity index (χ0v) is 12.0. The molecule has 2 rings (SSSR count). The van der Waals surface area contributed by atoms with Gasteiger partial charge in [-0.1, -0.05) is 30.3 Å². The molecule has 0 bridgehead atoms. The van der Waals surface area contributed by atoms with Crippen LogP contribution >= 0.6 is 0 Å². The molecule has 6 heteroatoms. The molecule has 0 atom stereocenters. The Hall–Kier alpha value is -2.11. The van der Waals surface area contributed by atoms with Crippen molar-refractivity contribution in [2.24, 2.45) is 0 Å². The smallest absolute Gasteiger partial charge is 0.389 e. The highest BCUT2D eigenvalue weighted by Gasteiger charge is 2.25. The van der Waals surface area contributed by atoms with Gasteiger partial charge >= 0.3 is 12.8 Å². The van der Waals surface area contributed by atoms with E-state index in [4.69, 9.17) is 0 Å². The summed E-state index contributed by atoms with van der Waals surface area (Å²) in [5, 5.41) is 0. The number of rotatable bonds is 6. The summed E-state index contributed by atoms with van der Waals surface area (Å²) >= 11 is 0. The summed E-state index contributed by atoms with van der Waals surface area (Å²) in [5.41, 5.74) is 2.10. The second kappa shape index (κ2) is 7.44. The molecule has 0 aliphatic heterocycles. The van der Waals surface area contributed by atoms with Crippen LogP contribution in [0.25, 0.3) is 11.1 Å². The Balaban J connectivity index is 2.04. The third-order valence-electron chi connectivity index (χ3n) is 3.15. The Morgan fingerprint density at radius 2 is 1.70 bits per heavy atom. The van der Waals surface area contributed by atoms with Gasteiger partial charge in [0.15, 0.2) is 0 Å². The maximum Gasteiger partial charge on any atom is 0.389 e. The molecule has 0 N–H and O–H groups in total. The predicted molar refractivity (Wildman–Crippen MR) is 76.3 cm³/mol. The summed E-state index contributed by atoms with van der Waals surface area (Å²) in [5.74, 6) is 0.0464. The fourth-order valence-corrected chi connectivity index (χ4v) is 2.13. The molecular weight excluding hydrogens is 315 g/mol. The molecule has 0 saturated heterocycles. The van der Waals surface area contributed by atoms with Crippen LogP contribution in [0.5, 0.6) is 5.75 Å². The van der Waals surface area contributed by atoms with E-state index in [0.717, 1.165) is 5.56 Å². The van der Waals surface area contributed by atoms with Crippen molar-refractivity contribution in [2.45, 2.75) is 32.1 Å². The van der Waals surface area contributed by atoms with Crippen molar-refractivity contribution in [3.63, 3.8) is 0 Å². The van der Waals surface area contributed by atoms with Crippen molar-refractivity contribution < 1.29 is 26.7 Å². The van der Waals surface area contributed by atoms with Gasteiger partial charge in [-0.05, 0) is 47.7 Å². The maximum absolute atomic E-state index is 12.2. The summed E-state index contributed by atoms with van der Waals surface area (Å²) in [6, 6.07) is 14.3. The predicted octanol–water partition coefficient (Wildman–Crippen LogP) is 5.64. The van der Waals surface area contributed by atoms with Crippen LogP contribution in [0, 0.1) is 6.07 Å². The topological polar surface area (TPSA) is 9.23 Å². The molecule has 2 aromatic rings. The van der Waals surface area contributed by atoms with Gasteiger partial charge in [0.2, 0.25) is 0 Å². The number of hydrogen-bond acceptors (Lipinski definition) is 1. The van der Waals surface area contributed by atoms with Crippen LogP contribution in [-0.2, 0) is 6.42 Å². The summed E-state index contributed by atoms with van der Waals surface area (Å²) in [7, 11) is 0. The molecule has 0 fully saturated rings. The minimum Gasteiger partial charge on any atom is -0.435 e. The summed E-state index contributed by atoms with van der Waals surface area (Å²) < 4.78 is 64.9. The van der Waals surface area contributed by atoms with E-state index in [-0.39, 0.29) is 18.6 Å². The maximum atomic E-state index is 12.2. The largest absolute Gasteiger partial charge is 0.435 e. The number of alkyl halides is 5. The minimum absolute atomic E-state index is 0.00458. The van der Waals surface area contributed by atoms with Gasteiger partial charge in [-0.25, -0.2) is 0 Å². The van der Waals surface area contributed by atoms with E-state index >= 15 is 0 Å². The van der Waals surface area contributed by atoms with E-state index in [0.29, 0.717) is 11.1 Å². The number of halogens is 5. The van der Waals surface area contributed by atoms with Crippen molar-refractivity contribution in [1.82, 2.24) is 0 Å². The minimum atomic E-state index is -4.15. The summed E-state index contributed by atoms with van der Waals surface area (Å²) in [6.07, 6.45) is -4.70. The number of aryl methyl sites for hydroxylation is 1. The molecule has 0 spiro atoms. The van der Waals surface area contributed by atoms with E-state index in [1.54, 1.807) is 30.3 Å². The van der Waals surface area contributed by atoms with Gasteiger partial charge in [-0.3, -0.25) is 0 Å². The van der Waals surface area contributed by atoms with Crippen LogP contribution in [0.4, 0.5) is 22.0 Å².